The SMILES string of the molecule is CC=CCOC(=O)C(CC=CC)C(C)=O. The van der Waals surface area contributed by atoms with Crippen molar-refractivity contribution < 1.29 is 14.3 Å². The molecule has 0 aromatic heterocycles. The average molecular weight is 210 g/mol. The number of Topliss-reactive ketones (excluding diaryl/α,β-unsaturated/α-hetero) is 1. The first kappa shape index (κ1) is 13.6. The largest absolute Gasteiger partial charge is 0.461 e. The van der Waals surface area contributed by atoms with Crippen LogP contribution in [0.1, 0.15) is 27.2 Å². The van der Waals surface area contributed by atoms with E-state index < -0.39 is 11.9 Å². The Morgan fingerprint density at radius 1 is 1.20 bits per heavy atom. The van der Waals surface area contributed by atoms with Crippen LogP contribution in [-0.4, -0.2) is 18.4 Å². The molecule has 1 unspecified atom stereocenters. The molecule has 0 aliphatic carbocycles. The van der Waals surface area contributed by atoms with Crippen molar-refractivity contribution in [2.45, 2.75) is 27.2 Å². The Hall–Kier alpha value is -1.38. The number of hydrogen-bond acceptors (Lipinski definition) is 3. The summed E-state index contributed by atoms with van der Waals surface area (Å²) < 4.78 is 4.92. The Balaban J connectivity index is 4.22. The standard InChI is InChI=1S/C12H18O3/c1-4-6-8-11(10(3)13)12(14)15-9-7-5-2/h4-7,11H,8-9H2,1-3H3. The molecule has 0 aromatic rings. The van der Waals surface area contributed by atoms with Crippen LogP contribution in [0.4, 0.5) is 0 Å². The van der Waals surface area contributed by atoms with Crippen molar-refractivity contribution in [1.29, 1.82) is 0 Å². The number of esters is 1. The fourth-order valence-electron chi connectivity index (χ4n) is 1.03. The number of carbonyl (C=O) groups excluding carboxylic acids is 2. The van der Waals surface area contributed by atoms with Crippen LogP contribution in [0.15, 0.2) is 24.3 Å². The topological polar surface area (TPSA) is 43.4 Å². The minimum atomic E-state index is -0.661. The first-order valence-corrected chi connectivity index (χ1v) is 5.02. The van der Waals surface area contributed by atoms with E-state index in [1.54, 1.807) is 18.2 Å². The molecule has 1 atom stereocenters. The quantitative estimate of drug-likeness (QED) is 0.384. The highest BCUT2D eigenvalue weighted by molar-refractivity contribution is 5.97. The maximum Gasteiger partial charge on any atom is 0.317 e. The second-order valence-corrected chi connectivity index (χ2v) is 3.17. The smallest absolute Gasteiger partial charge is 0.317 e. The summed E-state index contributed by atoms with van der Waals surface area (Å²) in [5, 5.41) is 0. The van der Waals surface area contributed by atoms with Gasteiger partial charge in [-0.25, -0.2) is 0 Å². The van der Waals surface area contributed by atoms with Gasteiger partial charge in [0.2, 0.25) is 0 Å². The van der Waals surface area contributed by atoms with Crippen LogP contribution in [0.5, 0.6) is 0 Å². The molecule has 0 radical (unpaired) electrons. The molecule has 84 valence electrons. The van der Waals surface area contributed by atoms with E-state index in [0.717, 1.165) is 0 Å². The summed E-state index contributed by atoms with van der Waals surface area (Å²) in [5.74, 6) is -1.26. The van der Waals surface area contributed by atoms with E-state index in [4.69, 9.17) is 4.74 Å². The van der Waals surface area contributed by atoms with E-state index in [2.05, 4.69) is 0 Å². The minimum Gasteiger partial charge on any atom is -0.461 e. The van der Waals surface area contributed by atoms with Crippen molar-refractivity contribution in [3.05, 3.63) is 24.3 Å². The summed E-state index contributed by atoms with van der Waals surface area (Å²) in [7, 11) is 0. The van der Waals surface area contributed by atoms with Gasteiger partial charge in [0.25, 0.3) is 0 Å². The van der Waals surface area contributed by atoms with Crippen molar-refractivity contribution in [2.24, 2.45) is 5.92 Å². The molecule has 0 saturated carbocycles. The van der Waals surface area contributed by atoms with E-state index in [1.165, 1.54) is 6.92 Å². The second-order valence-electron chi connectivity index (χ2n) is 3.17. The van der Waals surface area contributed by atoms with Crippen LogP contribution in [0.2, 0.25) is 0 Å². The molecule has 0 aromatic carbocycles. The number of ketones is 1. The first-order chi connectivity index (χ1) is 7.13. The zero-order chi connectivity index (χ0) is 11.7. The van der Waals surface area contributed by atoms with E-state index in [-0.39, 0.29) is 12.4 Å². The van der Waals surface area contributed by atoms with Crippen molar-refractivity contribution >= 4 is 11.8 Å². The molecular formula is C12H18O3. The van der Waals surface area contributed by atoms with Gasteiger partial charge in [0, 0.05) is 0 Å². The fourth-order valence-corrected chi connectivity index (χ4v) is 1.03. The van der Waals surface area contributed by atoms with E-state index >= 15 is 0 Å². The van der Waals surface area contributed by atoms with Crippen LogP contribution >= 0.6 is 0 Å². The van der Waals surface area contributed by atoms with E-state index in [1.807, 2.05) is 19.9 Å². The van der Waals surface area contributed by atoms with Gasteiger partial charge in [0.1, 0.15) is 18.3 Å². The number of carbonyl (C=O) groups is 2. The van der Waals surface area contributed by atoms with Crippen LogP contribution < -0.4 is 0 Å². The van der Waals surface area contributed by atoms with Crippen molar-refractivity contribution in [3.8, 4) is 0 Å². The molecule has 0 bridgehead atoms. The highest BCUT2D eigenvalue weighted by Gasteiger charge is 2.22. The van der Waals surface area contributed by atoms with Crippen LogP contribution in [-0.2, 0) is 14.3 Å². The number of hydrogen-bond donors (Lipinski definition) is 0. The zero-order valence-electron chi connectivity index (χ0n) is 9.53. The molecule has 15 heavy (non-hydrogen) atoms. The lowest BCUT2D eigenvalue weighted by Crippen LogP contribution is -2.23. The molecule has 0 rings (SSSR count). The van der Waals surface area contributed by atoms with Gasteiger partial charge in [0.05, 0.1) is 0 Å². The van der Waals surface area contributed by atoms with Crippen molar-refractivity contribution in [2.75, 3.05) is 6.61 Å². The van der Waals surface area contributed by atoms with Gasteiger partial charge in [-0.15, -0.1) is 0 Å². The summed E-state index contributed by atoms with van der Waals surface area (Å²) in [5.41, 5.74) is 0. The summed E-state index contributed by atoms with van der Waals surface area (Å²) in [6.07, 6.45) is 7.55. The maximum absolute atomic E-state index is 11.5. The maximum atomic E-state index is 11.5. The van der Waals surface area contributed by atoms with Crippen LogP contribution in [0, 0.1) is 5.92 Å². The molecule has 3 heteroatoms. The molecule has 0 aliphatic heterocycles. The molecule has 0 N–H and O–H groups in total. The molecule has 3 nitrogen and oxygen atoms in total. The Morgan fingerprint density at radius 2 is 1.80 bits per heavy atom. The average Bonchev–Trinajstić information content (AvgIpc) is 2.18. The molecule has 0 fully saturated rings. The van der Waals surface area contributed by atoms with Gasteiger partial charge < -0.3 is 4.74 Å². The number of rotatable bonds is 6. The Kier molecular flexibility index (Phi) is 7.24. The molecule has 0 spiro atoms. The van der Waals surface area contributed by atoms with Gasteiger partial charge in [-0.2, -0.15) is 0 Å². The normalized spacial score (nSPS) is 13.3. The van der Waals surface area contributed by atoms with Gasteiger partial charge in [-0.05, 0) is 27.2 Å². The third-order valence-electron chi connectivity index (χ3n) is 1.94. The van der Waals surface area contributed by atoms with E-state index in [9.17, 15) is 9.59 Å². The predicted octanol–water partition coefficient (Wildman–Crippen LogP) is 2.28. The second kappa shape index (κ2) is 7.97. The lowest BCUT2D eigenvalue weighted by Gasteiger charge is -2.09. The molecule has 0 aliphatic rings. The van der Waals surface area contributed by atoms with Crippen molar-refractivity contribution in [3.63, 3.8) is 0 Å². The third kappa shape index (κ3) is 5.83. The van der Waals surface area contributed by atoms with Gasteiger partial charge in [-0.3, -0.25) is 9.59 Å². The van der Waals surface area contributed by atoms with Gasteiger partial charge >= 0.3 is 5.97 Å². The lowest BCUT2D eigenvalue weighted by molar-refractivity contribution is -0.150. The highest BCUT2D eigenvalue weighted by Crippen LogP contribution is 2.08. The summed E-state index contributed by atoms with van der Waals surface area (Å²) in [6, 6.07) is 0. The summed E-state index contributed by atoms with van der Waals surface area (Å²) in [4.78, 5) is 22.6. The van der Waals surface area contributed by atoms with Gasteiger partial charge in [-0.1, -0.05) is 24.3 Å². The predicted molar refractivity (Wildman–Crippen MR) is 59.4 cm³/mol. The third-order valence-corrected chi connectivity index (χ3v) is 1.94. The highest BCUT2D eigenvalue weighted by atomic mass is 16.5. The number of allylic oxidation sites excluding steroid dienone is 3. The zero-order valence-corrected chi connectivity index (χ0v) is 9.53. The Bertz CT molecular complexity index is 264. The molecular weight excluding hydrogens is 192 g/mol. The van der Waals surface area contributed by atoms with Gasteiger partial charge in [0.15, 0.2) is 0 Å². The van der Waals surface area contributed by atoms with Crippen LogP contribution in [0.25, 0.3) is 0 Å². The fraction of sp³-hybridized carbons (Fsp3) is 0.500. The Labute approximate surface area is 90.8 Å². The Morgan fingerprint density at radius 3 is 2.27 bits per heavy atom. The van der Waals surface area contributed by atoms with Crippen LogP contribution in [0.3, 0.4) is 0 Å². The number of ether oxygens (including phenoxy) is 1. The molecule has 0 amide bonds. The monoisotopic (exact) mass is 210 g/mol. The summed E-state index contributed by atoms with van der Waals surface area (Å²) in [6.45, 7) is 5.33. The summed E-state index contributed by atoms with van der Waals surface area (Å²) >= 11 is 0. The lowest BCUT2D eigenvalue weighted by atomic mass is 10.0. The minimum absolute atomic E-state index is 0.154. The van der Waals surface area contributed by atoms with E-state index in [0.29, 0.717) is 6.42 Å². The molecule has 0 heterocycles. The first-order valence-electron chi connectivity index (χ1n) is 5.02. The molecule has 0 saturated heterocycles. The van der Waals surface area contributed by atoms with Crippen molar-refractivity contribution in [1.82, 2.24) is 0 Å².